The second-order valence-electron chi connectivity index (χ2n) is 4.84. The number of amides is 1. The maximum absolute atomic E-state index is 11.6. The largest absolute Gasteiger partial charge is 0.326 e. The van der Waals surface area contributed by atoms with Crippen molar-refractivity contribution in [1.82, 2.24) is 5.32 Å². The van der Waals surface area contributed by atoms with Crippen LogP contribution in [0.3, 0.4) is 0 Å². The van der Waals surface area contributed by atoms with Gasteiger partial charge in [0.25, 0.3) is 0 Å². The van der Waals surface area contributed by atoms with E-state index in [1.54, 1.807) is 0 Å². The average molecular weight is 282 g/mol. The standard InChI is InChI=1S/C13H18N2O3S/c1-19(17,18)7-5-13(16)15-12-3-2-10-4-6-14-9-11(10)8-12/h2-3,8,14H,4-7,9H2,1H3,(H,15,16). The SMILES string of the molecule is CS(=O)(=O)CCC(=O)Nc1ccc2c(c1)CNCC2. The third-order valence-electron chi connectivity index (χ3n) is 3.08. The molecule has 0 bridgehead atoms. The van der Waals surface area contributed by atoms with Crippen LogP contribution in [0.1, 0.15) is 17.5 Å². The minimum atomic E-state index is -3.10. The van der Waals surface area contributed by atoms with Gasteiger partial charge in [-0.05, 0) is 36.2 Å². The molecule has 104 valence electrons. The van der Waals surface area contributed by atoms with Crippen LogP contribution in [0.4, 0.5) is 5.69 Å². The van der Waals surface area contributed by atoms with Crippen LogP contribution < -0.4 is 10.6 Å². The number of anilines is 1. The molecule has 0 fully saturated rings. The topological polar surface area (TPSA) is 75.3 Å². The van der Waals surface area contributed by atoms with Crippen molar-refractivity contribution in [2.75, 3.05) is 23.9 Å². The Morgan fingerprint density at radius 2 is 2.16 bits per heavy atom. The van der Waals surface area contributed by atoms with E-state index in [-0.39, 0.29) is 18.1 Å². The Hall–Kier alpha value is -1.40. The predicted octanol–water partition coefficient (Wildman–Crippen LogP) is 0.705. The van der Waals surface area contributed by atoms with Crippen molar-refractivity contribution in [3.05, 3.63) is 29.3 Å². The summed E-state index contributed by atoms with van der Waals surface area (Å²) in [6.45, 7) is 1.79. The van der Waals surface area contributed by atoms with Gasteiger partial charge in [-0.15, -0.1) is 0 Å². The van der Waals surface area contributed by atoms with E-state index in [0.717, 1.165) is 31.5 Å². The maximum Gasteiger partial charge on any atom is 0.225 e. The number of fused-ring (bicyclic) bond motifs is 1. The van der Waals surface area contributed by atoms with Gasteiger partial charge in [0.2, 0.25) is 5.91 Å². The smallest absolute Gasteiger partial charge is 0.225 e. The third-order valence-corrected chi connectivity index (χ3v) is 4.02. The van der Waals surface area contributed by atoms with Gasteiger partial charge < -0.3 is 10.6 Å². The predicted molar refractivity (Wildman–Crippen MR) is 74.8 cm³/mol. The number of carbonyl (C=O) groups excluding carboxylic acids is 1. The zero-order valence-corrected chi connectivity index (χ0v) is 11.7. The molecule has 1 aromatic rings. The fraction of sp³-hybridized carbons (Fsp3) is 0.462. The van der Waals surface area contributed by atoms with E-state index in [0.29, 0.717) is 0 Å². The van der Waals surface area contributed by atoms with E-state index >= 15 is 0 Å². The van der Waals surface area contributed by atoms with Gasteiger partial charge in [0.05, 0.1) is 5.75 Å². The minimum absolute atomic E-state index is 0.00579. The average Bonchev–Trinajstić information content (AvgIpc) is 2.35. The van der Waals surface area contributed by atoms with E-state index in [2.05, 4.69) is 10.6 Å². The van der Waals surface area contributed by atoms with Crippen molar-refractivity contribution in [3.8, 4) is 0 Å². The first-order valence-electron chi connectivity index (χ1n) is 6.24. The molecule has 0 aromatic heterocycles. The molecule has 0 saturated heterocycles. The van der Waals surface area contributed by atoms with E-state index in [9.17, 15) is 13.2 Å². The van der Waals surface area contributed by atoms with Crippen LogP contribution in [0.5, 0.6) is 0 Å². The van der Waals surface area contributed by atoms with Crippen LogP contribution in [0.2, 0.25) is 0 Å². The lowest BCUT2D eigenvalue weighted by Crippen LogP contribution is -2.24. The molecular weight excluding hydrogens is 264 g/mol. The number of hydrogen-bond acceptors (Lipinski definition) is 4. The monoisotopic (exact) mass is 282 g/mol. The quantitative estimate of drug-likeness (QED) is 0.852. The Bertz CT molecular complexity index is 582. The van der Waals surface area contributed by atoms with Crippen LogP contribution >= 0.6 is 0 Å². The van der Waals surface area contributed by atoms with E-state index in [1.807, 2.05) is 18.2 Å². The summed E-state index contributed by atoms with van der Waals surface area (Å²) in [5.41, 5.74) is 3.21. The van der Waals surface area contributed by atoms with Crippen molar-refractivity contribution in [2.45, 2.75) is 19.4 Å². The first-order chi connectivity index (χ1) is 8.94. The van der Waals surface area contributed by atoms with Gasteiger partial charge in [-0.3, -0.25) is 4.79 Å². The van der Waals surface area contributed by atoms with Crippen molar-refractivity contribution >= 4 is 21.4 Å². The van der Waals surface area contributed by atoms with Crippen molar-refractivity contribution in [2.24, 2.45) is 0 Å². The zero-order valence-electron chi connectivity index (χ0n) is 10.9. The van der Waals surface area contributed by atoms with Crippen LogP contribution in [0.15, 0.2) is 18.2 Å². The molecule has 2 N–H and O–H groups in total. The van der Waals surface area contributed by atoms with Gasteiger partial charge in [-0.1, -0.05) is 6.07 Å². The highest BCUT2D eigenvalue weighted by molar-refractivity contribution is 7.90. The summed E-state index contributed by atoms with van der Waals surface area (Å²) >= 11 is 0. The summed E-state index contributed by atoms with van der Waals surface area (Å²) in [4.78, 5) is 11.6. The Morgan fingerprint density at radius 3 is 2.89 bits per heavy atom. The zero-order chi connectivity index (χ0) is 13.9. The van der Waals surface area contributed by atoms with Crippen LogP contribution in [0.25, 0.3) is 0 Å². The first kappa shape index (κ1) is 14.0. The molecule has 0 saturated carbocycles. The van der Waals surface area contributed by atoms with Crippen molar-refractivity contribution in [3.63, 3.8) is 0 Å². The van der Waals surface area contributed by atoms with Gasteiger partial charge in [-0.25, -0.2) is 8.42 Å². The Kier molecular flexibility index (Phi) is 4.21. The Labute approximate surface area is 113 Å². The van der Waals surface area contributed by atoms with Gasteiger partial charge in [-0.2, -0.15) is 0 Å². The molecule has 1 aromatic carbocycles. The molecule has 0 unspecified atom stereocenters. The van der Waals surface area contributed by atoms with Gasteiger partial charge in [0.15, 0.2) is 0 Å². The first-order valence-corrected chi connectivity index (χ1v) is 8.30. The summed E-state index contributed by atoms with van der Waals surface area (Å²) < 4.78 is 22.0. The van der Waals surface area contributed by atoms with Crippen molar-refractivity contribution < 1.29 is 13.2 Å². The molecule has 1 heterocycles. The molecular formula is C13H18N2O3S. The fourth-order valence-corrected chi connectivity index (χ4v) is 2.62. The Morgan fingerprint density at radius 1 is 1.37 bits per heavy atom. The third kappa shape index (κ3) is 4.33. The van der Waals surface area contributed by atoms with Gasteiger partial charge in [0, 0.05) is 24.9 Å². The van der Waals surface area contributed by atoms with Crippen LogP contribution in [-0.2, 0) is 27.6 Å². The maximum atomic E-state index is 11.6. The number of carbonyl (C=O) groups is 1. The number of rotatable bonds is 4. The van der Waals surface area contributed by atoms with Crippen LogP contribution in [0, 0.1) is 0 Å². The highest BCUT2D eigenvalue weighted by Gasteiger charge is 2.11. The molecule has 6 heteroatoms. The molecule has 2 rings (SSSR count). The van der Waals surface area contributed by atoms with Gasteiger partial charge in [0.1, 0.15) is 9.84 Å². The number of nitrogens with one attached hydrogen (secondary N) is 2. The summed E-state index contributed by atoms with van der Waals surface area (Å²) in [6, 6.07) is 5.82. The normalized spacial score (nSPS) is 14.8. The second kappa shape index (κ2) is 5.71. The molecule has 1 aliphatic heterocycles. The van der Waals surface area contributed by atoms with E-state index < -0.39 is 9.84 Å². The molecule has 1 aliphatic rings. The summed E-state index contributed by atoms with van der Waals surface area (Å²) in [5.74, 6) is -0.389. The minimum Gasteiger partial charge on any atom is -0.326 e. The number of sulfone groups is 1. The number of benzene rings is 1. The molecule has 0 spiro atoms. The lowest BCUT2D eigenvalue weighted by Gasteiger charge is -2.18. The highest BCUT2D eigenvalue weighted by Crippen LogP contribution is 2.19. The second-order valence-corrected chi connectivity index (χ2v) is 7.10. The Balaban J connectivity index is 1.97. The highest BCUT2D eigenvalue weighted by atomic mass is 32.2. The molecule has 0 radical (unpaired) electrons. The molecule has 1 amide bonds. The summed E-state index contributed by atoms with van der Waals surface area (Å²) in [5, 5.41) is 6.01. The van der Waals surface area contributed by atoms with Gasteiger partial charge >= 0.3 is 0 Å². The molecule has 0 aliphatic carbocycles. The van der Waals surface area contributed by atoms with Crippen LogP contribution in [-0.4, -0.2) is 32.9 Å². The summed E-state index contributed by atoms with van der Waals surface area (Å²) in [7, 11) is -3.10. The summed E-state index contributed by atoms with van der Waals surface area (Å²) in [6.07, 6.45) is 2.12. The molecule has 19 heavy (non-hydrogen) atoms. The lowest BCUT2D eigenvalue weighted by atomic mass is 10.0. The van der Waals surface area contributed by atoms with E-state index in [1.165, 1.54) is 11.1 Å². The van der Waals surface area contributed by atoms with Crippen molar-refractivity contribution in [1.29, 1.82) is 0 Å². The molecule has 5 nitrogen and oxygen atoms in total. The van der Waals surface area contributed by atoms with E-state index in [4.69, 9.17) is 0 Å². The fourth-order valence-electron chi connectivity index (χ4n) is 2.06. The lowest BCUT2D eigenvalue weighted by molar-refractivity contribution is -0.115. The molecule has 0 atom stereocenters. The number of hydrogen-bond donors (Lipinski definition) is 2.